The number of benzene rings is 2. The molecule has 32 nitrogen and oxygen atoms in total. The first-order valence-corrected chi connectivity index (χ1v) is 40.4. The first-order chi connectivity index (χ1) is 54.8. The van der Waals surface area contributed by atoms with Gasteiger partial charge in [-0.05, 0) is 69.2 Å². The standard InChI is InChI=1S/C79H119Cl3N2O30/c1-12-19-38-95-44-57(98-41-22-15-4)58(45-96-39-20-13-2)108-62(99-37-18-7)49-103-73-63(84-77(93)104-50-79(80,81)82)68(101-43-24-17-6)67(59(109-73)46-97-40-21-14-3)113-74-70(112-72(89)55-33-29-26-30-34-55)69(111-71(88)54-31-27-25-28-32-54)65(100-42-23-16-5)61(110-74)48-105-78(75(90)94-11)36-35-56(83-76(91)92)64(114-78)66(107-53(10)87)60(106-52(9)86)47-102-51(8)85/h18,25-34,56-70,73-74,83H,7,12-17,19-24,35-50H2,1-6,8-11H3,(H,84,93)(H,91,92)/t56?,57-,58?,59?,60+,61?,62-,63-,64?,65-,66+,67+,68?,69?,70-,73+,74-,78+/m0/s1. The van der Waals surface area contributed by atoms with E-state index in [2.05, 4.69) is 24.1 Å². The Labute approximate surface area is 683 Å². The molecule has 5 rings (SSSR count). The molecule has 0 spiro atoms. The molecule has 0 saturated carbocycles. The predicted octanol–water partition coefficient (Wildman–Crippen LogP) is 10.8. The number of ether oxygens (including phenoxy) is 21. The summed E-state index contributed by atoms with van der Waals surface area (Å²) in [6, 6.07) is 12.7. The summed E-state index contributed by atoms with van der Waals surface area (Å²) in [5, 5.41) is 15.4. The monoisotopic (exact) mass is 1680 g/mol. The van der Waals surface area contributed by atoms with Crippen molar-refractivity contribution >= 4 is 82.8 Å². The van der Waals surface area contributed by atoms with Crippen molar-refractivity contribution < 1.29 is 143 Å². The molecule has 0 aliphatic carbocycles. The van der Waals surface area contributed by atoms with Gasteiger partial charge in [-0.2, -0.15) is 0 Å². The number of carbonyl (C=O) groups is 8. The van der Waals surface area contributed by atoms with E-state index in [9.17, 15) is 38.7 Å². The van der Waals surface area contributed by atoms with Crippen LogP contribution in [0.5, 0.6) is 0 Å². The van der Waals surface area contributed by atoms with Gasteiger partial charge in [0.15, 0.2) is 43.3 Å². The molecule has 3 N–H and O–H groups in total. The second kappa shape index (κ2) is 54.0. The van der Waals surface area contributed by atoms with Crippen LogP contribution in [0.1, 0.15) is 173 Å². The van der Waals surface area contributed by atoms with Crippen molar-refractivity contribution in [3.63, 3.8) is 0 Å². The predicted molar refractivity (Wildman–Crippen MR) is 411 cm³/mol. The van der Waals surface area contributed by atoms with Crippen LogP contribution >= 0.6 is 34.8 Å². The van der Waals surface area contributed by atoms with Gasteiger partial charge in [0.2, 0.25) is 3.79 Å². The second-order valence-corrected chi connectivity index (χ2v) is 29.8. The summed E-state index contributed by atoms with van der Waals surface area (Å²) in [7, 11) is 1.00. The van der Waals surface area contributed by atoms with Gasteiger partial charge in [0.05, 0.1) is 57.3 Å². The summed E-state index contributed by atoms with van der Waals surface area (Å²) < 4.78 is 132. The molecule has 3 heterocycles. The maximum atomic E-state index is 15.0. The molecule has 2 aromatic carbocycles. The Bertz CT molecular complexity index is 3130. The second-order valence-electron chi connectivity index (χ2n) is 27.3. The minimum atomic E-state index is -2.66. The smallest absolute Gasteiger partial charge is 0.407 e. The number of rotatable bonds is 55. The fourth-order valence-electron chi connectivity index (χ4n) is 12.2. The third kappa shape index (κ3) is 34.4. The number of hydrogen-bond donors (Lipinski definition) is 3. The van der Waals surface area contributed by atoms with Gasteiger partial charge < -0.3 is 115 Å². The van der Waals surface area contributed by atoms with Gasteiger partial charge in [-0.1, -0.05) is 157 Å². The molecule has 7 unspecified atom stereocenters. The van der Waals surface area contributed by atoms with Crippen molar-refractivity contribution in [2.75, 3.05) is 99.6 Å². The number of esters is 6. The number of halogens is 3. The first-order valence-electron chi connectivity index (χ1n) is 39.2. The zero-order valence-electron chi connectivity index (χ0n) is 67.1. The van der Waals surface area contributed by atoms with Crippen LogP contribution in [0.4, 0.5) is 9.59 Å². The molecule has 3 aliphatic heterocycles. The Kier molecular flexibility index (Phi) is 46.6. The number of amides is 2. The summed E-state index contributed by atoms with van der Waals surface area (Å²) in [5.74, 6) is -8.66. The zero-order valence-corrected chi connectivity index (χ0v) is 69.4. The first kappa shape index (κ1) is 98.4. The van der Waals surface area contributed by atoms with Gasteiger partial charge in [0, 0.05) is 66.8 Å². The van der Waals surface area contributed by atoms with E-state index in [0.717, 1.165) is 66.4 Å². The highest BCUT2D eigenvalue weighted by Gasteiger charge is 2.60. The fraction of sp³-hybridized carbons (Fsp3) is 0.722. The number of carboxylic acid groups (broad SMARTS) is 1. The molecule has 0 bridgehead atoms. The van der Waals surface area contributed by atoms with E-state index >= 15 is 4.79 Å². The molecular weight excluding hydrogens is 1560 g/mol. The van der Waals surface area contributed by atoms with Crippen molar-refractivity contribution in [1.82, 2.24) is 10.6 Å². The lowest BCUT2D eigenvalue weighted by Crippen LogP contribution is -2.69. The van der Waals surface area contributed by atoms with Crippen LogP contribution in [0.15, 0.2) is 73.3 Å². The van der Waals surface area contributed by atoms with E-state index in [1.807, 2.05) is 34.6 Å². The average molecular weight is 1680 g/mol. The molecule has 114 heavy (non-hydrogen) atoms. The molecule has 18 atom stereocenters. The molecule has 646 valence electrons. The molecule has 2 aromatic rings. The SMILES string of the molecule is C=CCO[C@H](CO[C@@H]1OC(COCCCC)[C@@H](O[C@@H]2OC(CO[C@]3(C(=O)OC)CCC(NC(=O)O)C([C@H](OC(C)=O)[C@@H](COC(C)=O)OC(C)=O)O3)[C@H](OCCCC)C(OC(=O)c3ccccc3)[C@@H]2OC(=O)c2ccccc2)C(OCCCC)[C@@H]1NC(=O)OCC(Cl)(Cl)Cl)OC(COCCCC)[C@H](COCCCC)OCCCC. The van der Waals surface area contributed by atoms with Crippen LogP contribution in [0.3, 0.4) is 0 Å². The quantitative estimate of drug-likeness (QED) is 0.0138. The van der Waals surface area contributed by atoms with E-state index in [4.69, 9.17) is 134 Å². The lowest BCUT2D eigenvalue weighted by molar-refractivity contribution is -0.364. The van der Waals surface area contributed by atoms with Crippen molar-refractivity contribution in [3.8, 4) is 0 Å². The fourth-order valence-corrected chi connectivity index (χ4v) is 12.4. The zero-order chi connectivity index (χ0) is 83.4. The van der Waals surface area contributed by atoms with Gasteiger partial charge in [-0.15, -0.1) is 6.58 Å². The largest absolute Gasteiger partial charge is 0.465 e. The number of alkyl carbamates (subject to hydrolysis) is 1. The van der Waals surface area contributed by atoms with Crippen LogP contribution in [0.2, 0.25) is 0 Å². The Balaban J connectivity index is 1.81. The number of hydrogen-bond acceptors (Lipinski definition) is 29. The number of alkyl halides is 3. The molecule has 35 heteroatoms. The molecule has 0 aromatic heterocycles. The van der Waals surface area contributed by atoms with E-state index in [1.54, 1.807) is 36.4 Å². The number of nitrogens with one attached hydrogen (secondary N) is 2. The van der Waals surface area contributed by atoms with Gasteiger partial charge >= 0.3 is 48.0 Å². The minimum Gasteiger partial charge on any atom is -0.465 e. The molecule has 3 aliphatic rings. The Morgan fingerprint density at radius 3 is 1.68 bits per heavy atom. The Morgan fingerprint density at radius 2 is 1.13 bits per heavy atom. The normalized spacial score (nSPS) is 24.3. The van der Waals surface area contributed by atoms with Crippen LogP contribution < -0.4 is 10.6 Å². The van der Waals surface area contributed by atoms with Crippen LogP contribution in [-0.2, 0) is 119 Å². The van der Waals surface area contributed by atoms with Crippen LogP contribution in [0, 0.1) is 0 Å². The lowest BCUT2D eigenvalue weighted by Gasteiger charge is -2.50. The van der Waals surface area contributed by atoms with E-state index in [-0.39, 0.29) is 63.8 Å². The highest BCUT2D eigenvalue weighted by Crippen LogP contribution is 2.40. The number of unbranched alkanes of at least 4 members (excludes halogenated alkanes) is 6. The molecule has 0 radical (unpaired) electrons. The van der Waals surface area contributed by atoms with Crippen LogP contribution in [0.25, 0.3) is 0 Å². The molecular formula is C79H119Cl3N2O30. The van der Waals surface area contributed by atoms with Crippen molar-refractivity contribution in [1.29, 1.82) is 0 Å². The van der Waals surface area contributed by atoms with E-state index in [1.165, 1.54) is 30.3 Å². The number of methoxy groups -OCH3 is 1. The summed E-state index contributed by atoms with van der Waals surface area (Å²) in [4.78, 5) is 110. The van der Waals surface area contributed by atoms with Gasteiger partial charge in [-0.25, -0.2) is 24.0 Å². The Hall–Kier alpha value is -6.15. The maximum Gasteiger partial charge on any atom is 0.407 e. The third-order valence-electron chi connectivity index (χ3n) is 18.0. The van der Waals surface area contributed by atoms with E-state index in [0.29, 0.717) is 58.3 Å². The molecule has 3 fully saturated rings. The van der Waals surface area contributed by atoms with Gasteiger partial charge in [-0.3, -0.25) is 14.4 Å². The van der Waals surface area contributed by atoms with Crippen molar-refractivity contribution in [2.45, 2.75) is 266 Å². The maximum absolute atomic E-state index is 15.0. The third-order valence-corrected chi connectivity index (χ3v) is 18.3. The van der Waals surface area contributed by atoms with Gasteiger partial charge in [0.25, 0.3) is 5.79 Å². The minimum absolute atomic E-state index is 0.0185. The van der Waals surface area contributed by atoms with Crippen molar-refractivity contribution in [2.24, 2.45) is 0 Å². The lowest BCUT2D eigenvalue weighted by atomic mass is 9.90. The van der Waals surface area contributed by atoms with Crippen molar-refractivity contribution in [3.05, 3.63) is 84.4 Å². The molecule has 3 saturated heterocycles. The highest BCUT2D eigenvalue weighted by atomic mass is 35.6. The van der Waals surface area contributed by atoms with Gasteiger partial charge in [0.1, 0.15) is 74.7 Å². The summed E-state index contributed by atoms with van der Waals surface area (Å²) in [5.41, 5.74) is 0.0458. The Morgan fingerprint density at radius 1 is 0.588 bits per heavy atom. The topological polar surface area (TPSA) is 375 Å². The summed E-state index contributed by atoms with van der Waals surface area (Å²) >= 11 is 18.6. The number of carbonyl (C=O) groups excluding carboxylic acids is 7. The van der Waals surface area contributed by atoms with Crippen LogP contribution in [-0.4, -0.2) is 266 Å². The highest BCUT2D eigenvalue weighted by molar-refractivity contribution is 6.67. The summed E-state index contributed by atoms with van der Waals surface area (Å²) in [6.07, 6.45) is -17.1. The van der Waals surface area contributed by atoms with E-state index < -0.39 is 195 Å². The summed E-state index contributed by atoms with van der Waals surface area (Å²) in [6.45, 7) is 17.3. The molecule has 2 amide bonds. The average Bonchev–Trinajstić information content (AvgIpc) is 0.763.